The molecular weight excluding hydrogens is 319 g/mol. The van der Waals surface area contributed by atoms with Crippen LogP contribution >= 0.6 is 34.8 Å². The second-order valence-electron chi connectivity index (χ2n) is 3.98. The van der Waals surface area contributed by atoms with E-state index in [1.807, 2.05) is 0 Å². The van der Waals surface area contributed by atoms with Gasteiger partial charge in [0.25, 0.3) is 0 Å². The van der Waals surface area contributed by atoms with Crippen molar-refractivity contribution in [1.82, 2.24) is 0 Å². The zero-order valence-electron chi connectivity index (χ0n) is 9.82. The molecule has 0 heterocycles. The van der Waals surface area contributed by atoms with Crippen LogP contribution in [-0.2, 0) is 9.84 Å². The third kappa shape index (κ3) is 2.94. The molecule has 1 aromatic rings. The van der Waals surface area contributed by atoms with Crippen LogP contribution < -0.4 is 0 Å². The summed E-state index contributed by atoms with van der Waals surface area (Å²) in [5.74, 6) is 0. The summed E-state index contributed by atoms with van der Waals surface area (Å²) < 4.78 is 21.6. The number of aliphatic hydroxyl groups excluding tert-OH is 1. The highest BCUT2D eigenvalue weighted by molar-refractivity contribution is 7.93. The number of sulfone groups is 1. The van der Waals surface area contributed by atoms with Crippen LogP contribution in [-0.4, -0.2) is 24.0 Å². The largest absolute Gasteiger partial charge is 0.385 e. The summed E-state index contributed by atoms with van der Waals surface area (Å²) in [6, 6.07) is 4.41. The number of hydrogen-bond acceptors (Lipinski definition) is 3. The third-order valence-corrected chi connectivity index (χ3v) is 6.39. The Bertz CT molecular complexity index is 544. The molecule has 0 amide bonds. The van der Waals surface area contributed by atoms with E-state index >= 15 is 0 Å². The van der Waals surface area contributed by atoms with Crippen molar-refractivity contribution in [3.63, 3.8) is 0 Å². The first-order valence-corrected chi connectivity index (χ1v) is 8.17. The highest BCUT2D eigenvalue weighted by Crippen LogP contribution is 2.42. The Balaban J connectivity index is 3.32. The van der Waals surface area contributed by atoms with Crippen LogP contribution in [0, 0.1) is 0 Å². The van der Waals surface area contributed by atoms with E-state index in [9.17, 15) is 13.5 Å². The lowest BCUT2D eigenvalue weighted by Gasteiger charge is -2.30. The van der Waals surface area contributed by atoms with Crippen molar-refractivity contribution >= 4 is 44.6 Å². The van der Waals surface area contributed by atoms with Gasteiger partial charge in [0.05, 0.1) is 0 Å². The summed E-state index contributed by atoms with van der Waals surface area (Å²) in [6.07, 6.45) is -0.395. The minimum Gasteiger partial charge on any atom is -0.385 e. The Labute approximate surface area is 122 Å². The first kappa shape index (κ1) is 16.1. The van der Waals surface area contributed by atoms with Crippen molar-refractivity contribution in [2.24, 2.45) is 0 Å². The molecule has 0 aliphatic heterocycles. The summed E-state index contributed by atoms with van der Waals surface area (Å²) >= 11 is 17.7. The van der Waals surface area contributed by atoms with Gasteiger partial charge in [-0.1, -0.05) is 47.8 Å². The predicted octanol–water partition coefficient (Wildman–Crippen LogP) is 3.42. The summed E-state index contributed by atoms with van der Waals surface area (Å²) in [6.45, 7) is 1.58. The van der Waals surface area contributed by atoms with Gasteiger partial charge in [0.2, 0.25) is 0 Å². The van der Waals surface area contributed by atoms with Gasteiger partial charge >= 0.3 is 0 Å². The van der Waals surface area contributed by atoms with E-state index in [4.69, 9.17) is 34.8 Å². The SMILES string of the molecule is CC[C@@](Cl)([C@H](O)c1ccc(Cl)cc1Cl)S(C)(=O)=O. The smallest absolute Gasteiger partial charge is 0.175 e. The number of rotatable bonds is 4. The van der Waals surface area contributed by atoms with E-state index in [-0.39, 0.29) is 17.0 Å². The maximum Gasteiger partial charge on any atom is 0.175 e. The minimum atomic E-state index is -3.66. The van der Waals surface area contributed by atoms with Gasteiger partial charge in [-0.05, 0) is 18.6 Å². The van der Waals surface area contributed by atoms with Gasteiger partial charge in [-0.3, -0.25) is 0 Å². The third-order valence-electron chi connectivity index (χ3n) is 2.76. The molecule has 0 saturated heterocycles. The van der Waals surface area contributed by atoms with Gasteiger partial charge in [0.15, 0.2) is 14.0 Å². The fraction of sp³-hybridized carbons (Fsp3) is 0.455. The molecule has 1 aromatic carbocycles. The standard InChI is InChI=1S/C11H13Cl3O3S/c1-3-11(14,18(2,16)17)10(15)8-5-4-7(12)6-9(8)13/h4-6,10,15H,3H2,1-2H3/t10-,11+/m1/s1. The first-order valence-electron chi connectivity index (χ1n) is 5.15. The molecule has 0 fully saturated rings. The van der Waals surface area contributed by atoms with Crippen LogP contribution in [0.3, 0.4) is 0 Å². The normalized spacial score (nSPS) is 17.2. The average molecular weight is 332 g/mol. The number of benzene rings is 1. The van der Waals surface area contributed by atoms with Crippen molar-refractivity contribution in [2.75, 3.05) is 6.26 Å². The highest BCUT2D eigenvalue weighted by Gasteiger charge is 2.45. The molecule has 1 rings (SSSR count). The van der Waals surface area contributed by atoms with Crippen LogP contribution in [0.1, 0.15) is 25.0 Å². The molecule has 2 atom stereocenters. The molecule has 3 nitrogen and oxygen atoms in total. The lowest BCUT2D eigenvalue weighted by molar-refractivity contribution is 0.155. The van der Waals surface area contributed by atoms with E-state index in [0.29, 0.717) is 5.02 Å². The molecule has 0 bridgehead atoms. The Kier molecular flexibility index (Phi) is 4.95. The van der Waals surface area contributed by atoms with E-state index in [1.165, 1.54) is 18.2 Å². The number of hydrogen-bond donors (Lipinski definition) is 1. The molecule has 0 aliphatic rings. The van der Waals surface area contributed by atoms with Crippen molar-refractivity contribution in [3.05, 3.63) is 33.8 Å². The zero-order chi connectivity index (χ0) is 14.1. The van der Waals surface area contributed by atoms with Gasteiger partial charge in [-0.15, -0.1) is 0 Å². The highest BCUT2D eigenvalue weighted by atomic mass is 35.5. The molecule has 7 heteroatoms. The van der Waals surface area contributed by atoms with Crippen molar-refractivity contribution in [2.45, 2.75) is 23.7 Å². The minimum absolute atomic E-state index is 0.0491. The zero-order valence-corrected chi connectivity index (χ0v) is 12.9. The maximum absolute atomic E-state index is 11.7. The molecule has 1 N–H and O–H groups in total. The van der Waals surface area contributed by atoms with Crippen LogP contribution in [0.25, 0.3) is 0 Å². The molecule has 0 saturated carbocycles. The predicted molar refractivity (Wildman–Crippen MR) is 75.1 cm³/mol. The maximum atomic E-state index is 11.7. The first-order chi connectivity index (χ1) is 8.13. The molecule has 0 aromatic heterocycles. The van der Waals surface area contributed by atoms with Crippen molar-refractivity contribution in [1.29, 1.82) is 0 Å². The number of halogens is 3. The Morgan fingerprint density at radius 1 is 1.39 bits per heavy atom. The van der Waals surface area contributed by atoms with E-state index in [1.54, 1.807) is 6.92 Å². The molecule has 0 radical (unpaired) electrons. The Morgan fingerprint density at radius 3 is 2.33 bits per heavy atom. The Hall–Kier alpha value is -0.000000000000000111. The van der Waals surface area contributed by atoms with E-state index < -0.39 is 20.1 Å². The van der Waals surface area contributed by atoms with Crippen molar-refractivity contribution in [3.8, 4) is 0 Å². The van der Waals surface area contributed by atoms with Gasteiger partial charge in [-0.2, -0.15) is 0 Å². The Morgan fingerprint density at radius 2 is 1.94 bits per heavy atom. The van der Waals surface area contributed by atoms with Crippen LogP contribution in [0.4, 0.5) is 0 Å². The topological polar surface area (TPSA) is 54.4 Å². The quantitative estimate of drug-likeness (QED) is 0.860. The average Bonchev–Trinajstić information content (AvgIpc) is 2.25. The molecule has 0 aliphatic carbocycles. The van der Waals surface area contributed by atoms with Gasteiger partial charge in [-0.25, -0.2) is 8.42 Å². The summed E-state index contributed by atoms with van der Waals surface area (Å²) in [5, 5.41) is 10.8. The van der Waals surface area contributed by atoms with E-state index in [0.717, 1.165) is 6.26 Å². The summed E-state index contributed by atoms with van der Waals surface area (Å²) in [5.41, 5.74) is 0.239. The van der Waals surface area contributed by atoms with E-state index in [2.05, 4.69) is 0 Å². The molecule has 0 unspecified atom stereocenters. The number of alkyl halides is 1. The molecule has 18 heavy (non-hydrogen) atoms. The van der Waals surface area contributed by atoms with Gasteiger partial charge < -0.3 is 5.11 Å². The van der Waals surface area contributed by atoms with Gasteiger partial charge in [0, 0.05) is 21.9 Å². The van der Waals surface area contributed by atoms with Crippen LogP contribution in [0.15, 0.2) is 18.2 Å². The second-order valence-corrected chi connectivity index (χ2v) is 8.00. The van der Waals surface area contributed by atoms with Crippen LogP contribution in [0.5, 0.6) is 0 Å². The monoisotopic (exact) mass is 330 g/mol. The van der Waals surface area contributed by atoms with Crippen molar-refractivity contribution < 1.29 is 13.5 Å². The van der Waals surface area contributed by atoms with Crippen LogP contribution in [0.2, 0.25) is 10.0 Å². The summed E-state index contributed by atoms with van der Waals surface area (Å²) in [7, 11) is -3.66. The lowest BCUT2D eigenvalue weighted by atomic mass is 10.0. The number of aliphatic hydroxyl groups is 1. The fourth-order valence-electron chi connectivity index (χ4n) is 1.61. The molecule has 102 valence electrons. The summed E-state index contributed by atoms with van der Waals surface area (Å²) in [4.78, 5) is 0. The lowest BCUT2D eigenvalue weighted by Crippen LogP contribution is -2.38. The second kappa shape index (κ2) is 5.55. The fourth-order valence-corrected chi connectivity index (χ4v) is 3.30. The van der Waals surface area contributed by atoms with Gasteiger partial charge in [0.1, 0.15) is 6.10 Å². The molecular formula is C11H13Cl3O3S. The molecule has 0 spiro atoms.